The molecular weight excluding hydrogens is 352 g/mol. The molecule has 1 N–H and O–H groups in total. The zero-order valence-corrected chi connectivity index (χ0v) is 16.4. The molecule has 0 spiro atoms. The molecule has 0 aliphatic heterocycles. The summed E-state index contributed by atoms with van der Waals surface area (Å²) in [4.78, 5) is 12.2. The van der Waals surface area contributed by atoms with Gasteiger partial charge in [0.25, 0.3) is 5.91 Å². The van der Waals surface area contributed by atoms with Gasteiger partial charge in [-0.15, -0.1) is 0 Å². The largest absolute Gasteiger partial charge is 0.494 e. The number of carbonyl (C=O) groups excluding carboxylic acids is 1. The van der Waals surface area contributed by atoms with Gasteiger partial charge in [0.15, 0.2) is 0 Å². The first-order valence-electron chi connectivity index (χ1n) is 9.63. The van der Waals surface area contributed by atoms with Crippen LogP contribution in [0.3, 0.4) is 0 Å². The van der Waals surface area contributed by atoms with Crippen molar-refractivity contribution in [2.75, 3.05) is 13.2 Å². The number of unbranched alkanes of at least 4 members (excludes halogenated alkanes) is 3. The average molecular weight is 380 g/mol. The van der Waals surface area contributed by atoms with Crippen LogP contribution in [0.15, 0.2) is 66.3 Å². The molecule has 5 nitrogen and oxygen atoms in total. The van der Waals surface area contributed by atoms with Crippen molar-refractivity contribution >= 4 is 12.1 Å². The van der Waals surface area contributed by atoms with Crippen molar-refractivity contribution < 1.29 is 14.3 Å². The van der Waals surface area contributed by atoms with Crippen LogP contribution in [0.5, 0.6) is 11.5 Å². The first-order valence-corrected chi connectivity index (χ1v) is 9.63. The molecule has 0 radical (unpaired) electrons. The van der Waals surface area contributed by atoms with Crippen LogP contribution >= 0.6 is 0 Å². The van der Waals surface area contributed by atoms with E-state index < -0.39 is 0 Å². The molecule has 0 bridgehead atoms. The van der Waals surface area contributed by atoms with Crippen molar-refractivity contribution in [1.82, 2.24) is 5.43 Å². The summed E-state index contributed by atoms with van der Waals surface area (Å²) < 4.78 is 11.2. The highest BCUT2D eigenvalue weighted by molar-refractivity contribution is 5.95. The SMILES string of the molecule is C=CCOc1ccccc1/C=N/NC(=O)c1ccc(OCCCCCC)cc1. The maximum absolute atomic E-state index is 12.2. The number of para-hydroxylation sites is 1. The number of hydrogen-bond donors (Lipinski definition) is 1. The van der Waals surface area contributed by atoms with E-state index in [1.54, 1.807) is 36.6 Å². The third kappa shape index (κ3) is 7.27. The van der Waals surface area contributed by atoms with Gasteiger partial charge in [-0.25, -0.2) is 5.43 Å². The summed E-state index contributed by atoms with van der Waals surface area (Å²) in [5.74, 6) is 1.17. The van der Waals surface area contributed by atoms with Crippen LogP contribution in [-0.2, 0) is 0 Å². The van der Waals surface area contributed by atoms with E-state index in [4.69, 9.17) is 9.47 Å². The lowest BCUT2D eigenvalue weighted by molar-refractivity contribution is 0.0955. The monoisotopic (exact) mass is 380 g/mol. The lowest BCUT2D eigenvalue weighted by Crippen LogP contribution is -2.17. The second-order valence-corrected chi connectivity index (χ2v) is 6.27. The molecular formula is C23H28N2O3. The number of ether oxygens (including phenoxy) is 2. The van der Waals surface area contributed by atoms with E-state index >= 15 is 0 Å². The second kappa shape index (κ2) is 12.3. The third-order valence-corrected chi connectivity index (χ3v) is 4.03. The predicted molar refractivity (Wildman–Crippen MR) is 113 cm³/mol. The molecule has 2 aromatic carbocycles. The Labute approximate surface area is 167 Å². The molecule has 0 atom stereocenters. The molecule has 1 amide bonds. The van der Waals surface area contributed by atoms with E-state index in [9.17, 15) is 4.79 Å². The maximum atomic E-state index is 12.2. The normalized spacial score (nSPS) is 10.6. The Morgan fingerprint density at radius 2 is 1.86 bits per heavy atom. The zero-order valence-electron chi connectivity index (χ0n) is 16.4. The number of rotatable bonds is 12. The second-order valence-electron chi connectivity index (χ2n) is 6.27. The van der Waals surface area contributed by atoms with E-state index in [2.05, 4.69) is 24.0 Å². The topological polar surface area (TPSA) is 59.9 Å². The molecule has 0 unspecified atom stereocenters. The molecule has 0 heterocycles. The maximum Gasteiger partial charge on any atom is 0.271 e. The molecule has 0 saturated heterocycles. The van der Waals surface area contributed by atoms with E-state index in [0.717, 1.165) is 17.7 Å². The smallest absolute Gasteiger partial charge is 0.271 e. The first kappa shape index (κ1) is 21.2. The van der Waals surface area contributed by atoms with Crippen LogP contribution in [0.2, 0.25) is 0 Å². The zero-order chi connectivity index (χ0) is 20.0. The number of nitrogens with zero attached hydrogens (tertiary/aromatic N) is 1. The van der Waals surface area contributed by atoms with Gasteiger partial charge in [-0.05, 0) is 42.8 Å². The number of hydrazone groups is 1. The summed E-state index contributed by atoms with van der Waals surface area (Å²) in [6, 6.07) is 14.5. The van der Waals surface area contributed by atoms with Crippen LogP contribution in [-0.4, -0.2) is 25.3 Å². The minimum Gasteiger partial charge on any atom is -0.494 e. The Bertz CT molecular complexity index is 770. The number of carbonyl (C=O) groups is 1. The van der Waals surface area contributed by atoms with Crippen LogP contribution < -0.4 is 14.9 Å². The Morgan fingerprint density at radius 3 is 2.61 bits per heavy atom. The summed E-state index contributed by atoms with van der Waals surface area (Å²) in [6.07, 6.45) is 7.89. The van der Waals surface area contributed by atoms with E-state index in [1.807, 2.05) is 24.3 Å². The number of benzene rings is 2. The van der Waals surface area contributed by atoms with Crippen molar-refractivity contribution in [2.45, 2.75) is 32.6 Å². The Balaban J connectivity index is 1.84. The van der Waals surface area contributed by atoms with E-state index in [-0.39, 0.29) is 5.91 Å². The van der Waals surface area contributed by atoms with Gasteiger partial charge in [-0.1, -0.05) is 51.0 Å². The molecule has 0 aliphatic rings. The van der Waals surface area contributed by atoms with Crippen molar-refractivity contribution in [3.8, 4) is 11.5 Å². The minimum absolute atomic E-state index is 0.282. The Morgan fingerprint density at radius 1 is 1.07 bits per heavy atom. The highest BCUT2D eigenvalue weighted by Crippen LogP contribution is 2.16. The summed E-state index contributed by atoms with van der Waals surface area (Å²) in [5.41, 5.74) is 3.83. The Hall–Kier alpha value is -3.08. The van der Waals surface area contributed by atoms with E-state index in [0.29, 0.717) is 24.5 Å². The highest BCUT2D eigenvalue weighted by atomic mass is 16.5. The minimum atomic E-state index is -0.282. The van der Waals surface area contributed by atoms with Gasteiger partial charge in [-0.3, -0.25) is 4.79 Å². The number of nitrogens with one attached hydrogen (secondary N) is 1. The van der Waals surface area contributed by atoms with Crippen LogP contribution in [0, 0.1) is 0 Å². The van der Waals surface area contributed by atoms with Crippen LogP contribution in [0.25, 0.3) is 0 Å². The Kier molecular flexibility index (Phi) is 9.35. The van der Waals surface area contributed by atoms with Gasteiger partial charge in [0.2, 0.25) is 0 Å². The fourth-order valence-electron chi connectivity index (χ4n) is 2.51. The van der Waals surface area contributed by atoms with Crippen molar-refractivity contribution in [3.63, 3.8) is 0 Å². The fraction of sp³-hybridized carbons (Fsp3) is 0.304. The number of amides is 1. The summed E-state index contributed by atoms with van der Waals surface area (Å²) in [6.45, 7) is 6.92. The molecule has 0 fully saturated rings. The first-order chi connectivity index (χ1) is 13.7. The van der Waals surface area contributed by atoms with E-state index in [1.165, 1.54) is 19.3 Å². The molecule has 0 aliphatic carbocycles. The molecule has 2 aromatic rings. The third-order valence-electron chi connectivity index (χ3n) is 4.03. The van der Waals surface area contributed by atoms with Crippen LogP contribution in [0.1, 0.15) is 48.5 Å². The van der Waals surface area contributed by atoms with Crippen LogP contribution in [0.4, 0.5) is 0 Å². The quantitative estimate of drug-likeness (QED) is 0.245. The average Bonchev–Trinajstić information content (AvgIpc) is 2.73. The predicted octanol–water partition coefficient (Wildman–Crippen LogP) is 4.97. The van der Waals surface area contributed by atoms with Gasteiger partial charge < -0.3 is 9.47 Å². The van der Waals surface area contributed by atoms with Gasteiger partial charge in [0.1, 0.15) is 18.1 Å². The van der Waals surface area contributed by atoms with Gasteiger partial charge in [-0.2, -0.15) is 5.10 Å². The molecule has 28 heavy (non-hydrogen) atoms. The lowest BCUT2D eigenvalue weighted by Gasteiger charge is -2.07. The van der Waals surface area contributed by atoms with Crippen molar-refractivity contribution in [2.24, 2.45) is 5.10 Å². The van der Waals surface area contributed by atoms with Gasteiger partial charge in [0.05, 0.1) is 12.8 Å². The molecule has 148 valence electrons. The summed E-state index contributed by atoms with van der Waals surface area (Å²) >= 11 is 0. The lowest BCUT2D eigenvalue weighted by atomic mass is 10.2. The van der Waals surface area contributed by atoms with Crippen molar-refractivity contribution in [1.29, 1.82) is 0 Å². The van der Waals surface area contributed by atoms with Gasteiger partial charge >= 0.3 is 0 Å². The van der Waals surface area contributed by atoms with Crippen molar-refractivity contribution in [3.05, 3.63) is 72.3 Å². The molecule has 2 rings (SSSR count). The summed E-state index contributed by atoms with van der Waals surface area (Å²) in [5, 5.41) is 4.03. The summed E-state index contributed by atoms with van der Waals surface area (Å²) in [7, 11) is 0. The standard InChI is InChI=1S/C23H28N2O3/c1-3-5-6-9-17-27-21-14-12-19(13-15-21)23(26)25-24-18-20-10-7-8-11-22(20)28-16-4-2/h4,7-8,10-15,18H,2-3,5-6,9,16-17H2,1H3,(H,25,26)/b24-18+. The fourth-order valence-corrected chi connectivity index (χ4v) is 2.51. The molecule has 0 aromatic heterocycles. The highest BCUT2D eigenvalue weighted by Gasteiger charge is 2.05. The molecule has 0 saturated carbocycles. The van der Waals surface area contributed by atoms with Gasteiger partial charge in [0, 0.05) is 11.1 Å². The number of hydrogen-bond acceptors (Lipinski definition) is 4. The molecule has 5 heteroatoms.